The van der Waals surface area contributed by atoms with Gasteiger partial charge in [-0.2, -0.15) is 4.72 Å². The van der Waals surface area contributed by atoms with E-state index in [1.165, 1.54) is 0 Å². The van der Waals surface area contributed by atoms with Crippen molar-refractivity contribution in [3.8, 4) is 0 Å². The van der Waals surface area contributed by atoms with E-state index in [4.69, 9.17) is 0 Å². The van der Waals surface area contributed by atoms with E-state index < -0.39 is 17.5 Å². The SMILES string of the molecule is O=C1CS[N]C(=O)C1=O. The maximum absolute atomic E-state index is 10.4. The van der Waals surface area contributed by atoms with Crippen LogP contribution >= 0.6 is 11.9 Å². The van der Waals surface area contributed by atoms with Crippen LogP contribution in [0.15, 0.2) is 0 Å². The number of nitrogens with zero attached hydrogens (tertiary/aromatic N) is 1. The number of hydrogen-bond donors (Lipinski definition) is 0. The van der Waals surface area contributed by atoms with Gasteiger partial charge in [0.15, 0.2) is 0 Å². The van der Waals surface area contributed by atoms with E-state index in [0.717, 1.165) is 11.9 Å². The predicted molar refractivity (Wildman–Crippen MR) is 29.6 cm³/mol. The summed E-state index contributed by atoms with van der Waals surface area (Å²) in [5.41, 5.74) is 0. The van der Waals surface area contributed by atoms with Gasteiger partial charge in [-0.15, -0.1) is 0 Å². The van der Waals surface area contributed by atoms with E-state index in [1.54, 1.807) is 0 Å². The second-order valence-corrected chi connectivity index (χ2v) is 2.15. The summed E-state index contributed by atoms with van der Waals surface area (Å²) in [6.45, 7) is 0. The molecule has 1 fully saturated rings. The van der Waals surface area contributed by atoms with Crippen molar-refractivity contribution in [1.82, 2.24) is 4.72 Å². The van der Waals surface area contributed by atoms with E-state index in [-0.39, 0.29) is 5.75 Å². The average Bonchev–Trinajstić information content (AvgIpc) is 1.83. The van der Waals surface area contributed by atoms with Crippen molar-refractivity contribution in [2.45, 2.75) is 0 Å². The molecule has 4 nitrogen and oxygen atoms in total. The van der Waals surface area contributed by atoms with Crippen LogP contribution in [0, 0.1) is 0 Å². The second kappa shape index (κ2) is 2.18. The Kier molecular flexibility index (Phi) is 1.52. The van der Waals surface area contributed by atoms with Crippen LogP contribution in [-0.2, 0) is 14.4 Å². The van der Waals surface area contributed by atoms with Crippen LogP contribution in [0.25, 0.3) is 0 Å². The Bertz CT molecular complexity index is 170. The molecule has 0 spiro atoms. The third-order valence-electron chi connectivity index (χ3n) is 0.791. The molecule has 0 aromatic carbocycles. The summed E-state index contributed by atoms with van der Waals surface area (Å²) in [7, 11) is 0. The zero-order valence-electron chi connectivity index (χ0n) is 4.29. The van der Waals surface area contributed by atoms with E-state index in [2.05, 4.69) is 4.72 Å². The molecule has 47 valence electrons. The van der Waals surface area contributed by atoms with Crippen molar-refractivity contribution < 1.29 is 14.4 Å². The lowest BCUT2D eigenvalue weighted by Crippen LogP contribution is -2.35. The number of hydrogen-bond acceptors (Lipinski definition) is 4. The molecule has 5 heteroatoms. The van der Waals surface area contributed by atoms with Crippen LogP contribution in [0.3, 0.4) is 0 Å². The number of rotatable bonds is 0. The maximum atomic E-state index is 10.4. The number of ketones is 2. The third kappa shape index (κ3) is 1.10. The highest BCUT2D eigenvalue weighted by atomic mass is 32.2. The molecule has 1 aliphatic rings. The Morgan fingerprint density at radius 1 is 1.33 bits per heavy atom. The Morgan fingerprint density at radius 2 is 2.00 bits per heavy atom. The molecule has 1 heterocycles. The van der Waals surface area contributed by atoms with Gasteiger partial charge in [-0.25, -0.2) is 0 Å². The molecule has 1 amide bonds. The van der Waals surface area contributed by atoms with Crippen molar-refractivity contribution in [3.05, 3.63) is 0 Å². The highest BCUT2D eigenvalue weighted by molar-refractivity contribution is 7.99. The van der Waals surface area contributed by atoms with Crippen LogP contribution in [0.2, 0.25) is 0 Å². The lowest BCUT2D eigenvalue weighted by atomic mass is 10.3. The monoisotopic (exact) mass is 144 g/mol. The molecule has 1 radical (unpaired) electrons. The van der Waals surface area contributed by atoms with Gasteiger partial charge in [-0.05, 0) is 11.9 Å². The normalized spacial score (nSPS) is 19.8. The quantitative estimate of drug-likeness (QED) is 0.320. The van der Waals surface area contributed by atoms with Crippen LogP contribution < -0.4 is 4.72 Å². The first-order chi connectivity index (χ1) is 4.22. The predicted octanol–water partition coefficient (Wildman–Crippen LogP) is -1.08. The molecule has 1 rings (SSSR count). The summed E-state index contributed by atoms with van der Waals surface area (Å²) in [5.74, 6) is -2.57. The molecule has 0 bridgehead atoms. The van der Waals surface area contributed by atoms with Crippen LogP contribution in [-0.4, -0.2) is 23.2 Å². The molecule has 0 aromatic heterocycles. The topological polar surface area (TPSA) is 65.3 Å². The summed E-state index contributed by atoms with van der Waals surface area (Å²) in [6.07, 6.45) is 0. The van der Waals surface area contributed by atoms with Crippen molar-refractivity contribution in [1.29, 1.82) is 0 Å². The minimum atomic E-state index is -0.992. The Hall–Kier alpha value is -0.840. The maximum Gasteiger partial charge on any atom is 0.327 e. The molecule has 0 saturated carbocycles. The van der Waals surface area contributed by atoms with Gasteiger partial charge in [-0.3, -0.25) is 14.4 Å². The highest BCUT2D eigenvalue weighted by Gasteiger charge is 2.28. The molecule has 1 saturated heterocycles. The summed E-state index contributed by atoms with van der Waals surface area (Å²) >= 11 is 0.820. The first-order valence-corrected chi connectivity index (χ1v) is 3.10. The minimum absolute atomic E-state index is 0.00454. The Morgan fingerprint density at radius 3 is 2.44 bits per heavy atom. The molecule has 0 aromatic rings. The van der Waals surface area contributed by atoms with Gasteiger partial charge in [0.1, 0.15) is 0 Å². The first-order valence-electron chi connectivity index (χ1n) is 2.16. The van der Waals surface area contributed by atoms with Gasteiger partial charge in [0, 0.05) is 0 Å². The summed E-state index contributed by atoms with van der Waals surface area (Å²) in [6, 6.07) is 0. The zero-order chi connectivity index (χ0) is 6.85. The van der Waals surface area contributed by atoms with Gasteiger partial charge in [0.05, 0.1) is 5.75 Å². The van der Waals surface area contributed by atoms with Gasteiger partial charge < -0.3 is 0 Å². The van der Waals surface area contributed by atoms with Gasteiger partial charge in [-0.1, -0.05) is 0 Å². The smallest absolute Gasteiger partial charge is 0.289 e. The molecular formula is C4H2NO3S. The van der Waals surface area contributed by atoms with Crippen molar-refractivity contribution >= 4 is 29.4 Å². The standard InChI is InChI=1S/C4H2NO3S/c6-2-1-9-5-4(8)3(2)7/h1H2. The number of carbonyl (C=O) groups excluding carboxylic acids is 3. The van der Waals surface area contributed by atoms with E-state index in [9.17, 15) is 14.4 Å². The van der Waals surface area contributed by atoms with Crippen molar-refractivity contribution in [2.24, 2.45) is 0 Å². The fourth-order valence-electron chi connectivity index (χ4n) is 0.376. The summed E-state index contributed by atoms with van der Waals surface area (Å²) in [5, 5.41) is 0. The van der Waals surface area contributed by atoms with E-state index in [1.807, 2.05) is 0 Å². The molecule has 0 unspecified atom stereocenters. The Balaban J connectivity index is 2.74. The lowest BCUT2D eigenvalue weighted by Gasteiger charge is -2.02. The molecule has 0 atom stereocenters. The third-order valence-corrected chi connectivity index (χ3v) is 1.48. The van der Waals surface area contributed by atoms with Crippen molar-refractivity contribution in [2.75, 3.05) is 5.75 Å². The number of amides is 1. The summed E-state index contributed by atoms with van der Waals surface area (Å²) in [4.78, 5) is 30.9. The number of carbonyl (C=O) groups is 3. The fraction of sp³-hybridized carbons (Fsp3) is 0.250. The molecule has 1 aliphatic heterocycles. The number of Topliss-reactive ketones (excluding diaryl/α,β-unsaturated/α-hetero) is 2. The molecule has 0 N–H and O–H groups in total. The zero-order valence-corrected chi connectivity index (χ0v) is 5.10. The van der Waals surface area contributed by atoms with Gasteiger partial charge in [0.2, 0.25) is 5.78 Å². The molecule has 0 aliphatic carbocycles. The lowest BCUT2D eigenvalue weighted by molar-refractivity contribution is -0.143. The second-order valence-electron chi connectivity index (χ2n) is 1.42. The largest absolute Gasteiger partial charge is 0.327 e. The summed E-state index contributed by atoms with van der Waals surface area (Å²) < 4.78 is 3.17. The van der Waals surface area contributed by atoms with Crippen LogP contribution in [0.1, 0.15) is 0 Å². The van der Waals surface area contributed by atoms with Crippen molar-refractivity contribution in [3.63, 3.8) is 0 Å². The average molecular weight is 144 g/mol. The van der Waals surface area contributed by atoms with E-state index >= 15 is 0 Å². The highest BCUT2D eigenvalue weighted by Crippen LogP contribution is 2.03. The van der Waals surface area contributed by atoms with Gasteiger partial charge >= 0.3 is 5.91 Å². The molecule has 9 heavy (non-hydrogen) atoms. The van der Waals surface area contributed by atoms with Crippen LogP contribution in [0.5, 0.6) is 0 Å². The van der Waals surface area contributed by atoms with E-state index in [0.29, 0.717) is 0 Å². The molecular weight excluding hydrogens is 142 g/mol. The first kappa shape index (κ1) is 6.28. The minimum Gasteiger partial charge on any atom is -0.289 e. The Labute approximate surface area is 55.1 Å². The van der Waals surface area contributed by atoms with Gasteiger partial charge in [0.25, 0.3) is 5.78 Å². The fourth-order valence-corrected chi connectivity index (χ4v) is 0.889. The van der Waals surface area contributed by atoms with Crippen LogP contribution in [0.4, 0.5) is 0 Å².